The largest absolute Gasteiger partial charge is 0.497 e. The molecule has 3 rings (SSSR count). The second-order valence-corrected chi connectivity index (χ2v) is 6.25. The fourth-order valence-electron chi connectivity index (χ4n) is 3.29. The lowest BCUT2D eigenvalue weighted by atomic mass is 9.95. The van der Waals surface area contributed by atoms with Crippen molar-refractivity contribution in [3.63, 3.8) is 0 Å². The summed E-state index contributed by atoms with van der Waals surface area (Å²) in [6.45, 7) is 4.36. The van der Waals surface area contributed by atoms with Gasteiger partial charge in [-0.2, -0.15) is 0 Å². The van der Waals surface area contributed by atoms with Crippen molar-refractivity contribution in [3.05, 3.63) is 23.8 Å². The Morgan fingerprint density at radius 1 is 1.29 bits per heavy atom. The summed E-state index contributed by atoms with van der Waals surface area (Å²) in [6.07, 6.45) is 3.64. The zero-order valence-electron chi connectivity index (χ0n) is 13.1. The van der Waals surface area contributed by atoms with E-state index in [0.29, 0.717) is 6.04 Å². The van der Waals surface area contributed by atoms with Crippen molar-refractivity contribution in [1.82, 2.24) is 10.2 Å². The smallest absolute Gasteiger partial charge is 0.124 e. The van der Waals surface area contributed by atoms with Crippen molar-refractivity contribution in [1.29, 1.82) is 0 Å². The Morgan fingerprint density at radius 3 is 2.86 bits per heavy atom. The average molecular weight is 290 g/mol. The number of benzene rings is 1. The molecule has 2 heterocycles. The Bertz CT molecular complexity index is 470. The maximum atomic E-state index is 5.76. The normalized spacial score (nSPS) is 23.4. The SMILES string of the molecule is COc1ccc2c(c1)C(NCC1CCN(C)CC1)CCO2. The van der Waals surface area contributed by atoms with E-state index in [9.17, 15) is 0 Å². The van der Waals surface area contributed by atoms with Crippen LogP contribution < -0.4 is 14.8 Å². The molecule has 0 saturated carbocycles. The highest BCUT2D eigenvalue weighted by Gasteiger charge is 2.24. The van der Waals surface area contributed by atoms with Crippen LogP contribution in [0.3, 0.4) is 0 Å². The summed E-state index contributed by atoms with van der Waals surface area (Å²) in [5.74, 6) is 2.71. The molecule has 1 aromatic rings. The number of fused-ring (bicyclic) bond motifs is 1. The molecule has 1 unspecified atom stereocenters. The summed E-state index contributed by atoms with van der Waals surface area (Å²) in [6, 6.07) is 6.50. The zero-order chi connectivity index (χ0) is 14.7. The predicted octanol–water partition coefficient (Wildman–Crippen LogP) is 2.45. The molecule has 0 amide bonds. The van der Waals surface area contributed by atoms with Crippen LogP contribution in [0.1, 0.15) is 30.9 Å². The molecule has 0 aromatic heterocycles. The van der Waals surface area contributed by atoms with Crippen LogP contribution in [0, 0.1) is 5.92 Å². The fraction of sp³-hybridized carbons (Fsp3) is 0.647. The molecule has 116 valence electrons. The minimum Gasteiger partial charge on any atom is -0.497 e. The number of nitrogens with one attached hydrogen (secondary N) is 1. The van der Waals surface area contributed by atoms with E-state index in [2.05, 4.69) is 23.3 Å². The van der Waals surface area contributed by atoms with Gasteiger partial charge in [0.05, 0.1) is 13.7 Å². The van der Waals surface area contributed by atoms with Gasteiger partial charge in [0.2, 0.25) is 0 Å². The van der Waals surface area contributed by atoms with Crippen LogP contribution in [0.15, 0.2) is 18.2 Å². The second-order valence-electron chi connectivity index (χ2n) is 6.25. The van der Waals surface area contributed by atoms with Crippen molar-refractivity contribution in [2.75, 3.05) is 40.4 Å². The summed E-state index contributed by atoms with van der Waals surface area (Å²) in [4.78, 5) is 2.42. The zero-order valence-corrected chi connectivity index (χ0v) is 13.1. The molecule has 0 aliphatic carbocycles. The van der Waals surface area contributed by atoms with Gasteiger partial charge in [-0.05, 0) is 63.6 Å². The standard InChI is InChI=1S/C17H26N2O2/c1-19-8-5-13(6-9-19)12-18-16-7-10-21-17-4-3-14(20-2)11-15(16)17/h3-4,11,13,16,18H,5-10,12H2,1-2H3. The predicted molar refractivity (Wildman–Crippen MR) is 84.1 cm³/mol. The maximum absolute atomic E-state index is 5.76. The first kappa shape index (κ1) is 14.7. The molecular formula is C17H26N2O2. The number of ether oxygens (including phenoxy) is 2. The van der Waals surface area contributed by atoms with Gasteiger partial charge in [0.15, 0.2) is 0 Å². The number of methoxy groups -OCH3 is 1. The molecule has 2 aliphatic heterocycles. The van der Waals surface area contributed by atoms with E-state index >= 15 is 0 Å². The average Bonchev–Trinajstić information content (AvgIpc) is 2.54. The highest BCUT2D eigenvalue weighted by molar-refractivity contribution is 5.43. The van der Waals surface area contributed by atoms with Crippen molar-refractivity contribution in [2.45, 2.75) is 25.3 Å². The molecule has 4 nitrogen and oxygen atoms in total. The Hall–Kier alpha value is -1.26. The minimum absolute atomic E-state index is 0.392. The summed E-state index contributed by atoms with van der Waals surface area (Å²) in [7, 11) is 3.93. The summed E-state index contributed by atoms with van der Waals surface area (Å²) < 4.78 is 11.1. The number of nitrogens with zero attached hydrogens (tertiary/aromatic N) is 1. The lowest BCUT2D eigenvalue weighted by molar-refractivity contribution is 0.202. The summed E-state index contributed by atoms with van der Waals surface area (Å²) >= 11 is 0. The molecule has 1 fully saturated rings. The molecule has 1 atom stereocenters. The van der Waals surface area contributed by atoms with Crippen LogP contribution >= 0.6 is 0 Å². The molecule has 0 radical (unpaired) electrons. The van der Waals surface area contributed by atoms with Crippen molar-refractivity contribution >= 4 is 0 Å². The lowest BCUT2D eigenvalue weighted by Gasteiger charge is -2.32. The Balaban J connectivity index is 1.62. The number of rotatable bonds is 4. The van der Waals surface area contributed by atoms with Crippen LogP contribution in [0.4, 0.5) is 0 Å². The van der Waals surface area contributed by atoms with Gasteiger partial charge >= 0.3 is 0 Å². The third kappa shape index (κ3) is 3.50. The van der Waals surface area contributed by atoms with E-state index in [1.165, 1.54) is 31.5 Å². The van der Waals surface area contributed by atoms with Crippen LogP contribution in [-0.4, -0.2) is 45.3 Å². The topological polar surface area (TPSA) is 33.7 Å². The molecule has 1 aromatic carbocycles. The van der Waals surface area contributed by atoms with Crippen LogP contribution in [-0.2, 0) is 0 Å². The first-order valence-electron chi connectivity index (χ1n) is 7.99. The highest BCUT2D eigenvalue weighted by Crippen LogP contribution is 2.35. The lowest BCUT2D eigenvalue weighted by Crippen LogP contribution is -2.37. The molecule has 4 heteroatoms. The number of hydrogen-bond donors (Lipinski definition) is 1. The second kappa shape index (κ2) is 6.67. The Morgan fingerprint density at radius 2 is 2.10 bits per heavy atom. The first-order valence-corrected chi connectivity index (χ1v) is 7.99. The molecule has 0 bridgehead atoms. The van der Waals surface area contributed by atoms with Gasteiger partial charge in [0.1, 0.15) is 11.5 Å². The number of hydrogen-bond acceptors (Lipinski definition) is 4. The summed E-state index contributed by atoms with van der Waals surface area (Å²) in [5, 5.41) is 3.76. The van der Waals surface area contributed by atoms with Gasteiger partial charge in [-0.3, -0.25) is 0 Å². The third-order valence-corrected chi connectivity index (χ3v) is 4.75. The van der Waals surface area contributed by atoms with Gasteiger partial charge < -0.3 is 19.7 Å². The monoisotopic (exact) mass is 290 g/mol. The van der Waals surface area contributed by atoms with Gasteiger partial charge in [-0.15, -0.1) is 0 Å². The van der Waals surface area contributed by atoms with E-state index in [0.717, 1.165) is 37.0 Å². The van der Waals surface area contributed by atoms with Crippen LogP contribution in [0.5, 0.6) is 11.5 Å². The van der Waals surface area contributed by atoms with E-state index in [1.807, 2.05) is 12.1 Å². The van der Waals surface area contributed by atoms with Gasteiger partial charge in [0.25, 0.3) is 0 Å². The van der Waals surface area contributed by atoms with Crippen molar-refractivity contribution in [2.24, 2.45) is 5.92 Å². The molecule has 2 aliphatic rings. The Labute approximate surface area is 127 Å². The first-order chi connectivity index (χ1) is 10.3. The fourth-order valence-corrected chi connectivity index (χ4v) is 3.29. The van der Waals surface area contributed by atoms with E-state index in [1.54, 1.807) is 7.11 Å². The summed E-state index contributed by atoms with van der Waals surface area (Å²) in [5.41, 5.74) is 1.24. The Kier molecular flexibility index (Phi) is 4.66. The molecule has 1 saturated heterocycles. The van der Waals surface area contributed by atoms with Gasteiger partial charge in [-0.1, -0.05) is 0 Å². The number of piperidine rings is 1. The molecule has 0 spiro atoms. The van der Waals surface area contributed by atoms with Crippen molar-refractivity contribution in [3.8, 4) is 11.5 Å². The third-order valence-electron chi connectivity index (χ3n) is 4.75. The van der Waals surface area contributed by atoms with Crippen LogP contribution in [0.25, 0.3) is 0 Å². The van der Waals surface area contributed by atoms with E-state index in [-0.39, 0.29) is 0 Å². The van der Waals surface area contributed by atoms with E-state index < -0.39 is 0 Å². The molecular weight excluding hydrogens is 264 g/mol. The molecule has 1 N–H and O–H groups in total. The minimum atomic E-state index is 0.392. The van der Waals surface area contributed by atoms with Crippen LogP contribution in [0.2, 0.25) is 0 Å². The molecule has 21 heavy (non-hydrogen) atoms. The van der Waals surface area contributed by atoms with Gasteiger partial charge in [0, 0.05) is 18.0 Å². The maximum Gasteiger partial charge on any atom is 0.124 e. The van der Waals surface area contributed by atoms with Crippen molar-refractivity contribution < 1.29 is 9.47 Å². The highest BCUT2D eigenvalue weighted by atomic mass is 16.5. The quantitative estimate of drug-likeness (QED) is 0.923. The number of likely N-dealkylation sites (tertiary alicyclic amines) is 1. The van der Waals surface area contributed by atoms with Gasteiger partial charge in [-0.25, -0.2) is 0 Å². The van der Waals surface area contributed by atoms with E-state index in [4.69, 9.17) is 9.47 Å².